The Morgan fingerprint density at radius 3 is 2.52 bits per heavy atom. The van der Waals surface area contributed by atoms with Crippen molar-refractivity contribution < 1.29 is 5.11 Å². The molecule has 21 heavy (non-hydrogen) atoms. The topological polar surface area (TPSA) is 38.0 Å². The van der Waals surface area contributed by atoms with E-state index in [0.29, 0.717) is 5.88 Å². The van der Waals surface area contributed by atoms with E-state index in [2.05, 4.69) is 27.7 Å². The maximum absolute atomic E-state index is 10.6. The number of aromatic hydroxyl groups is 1. The van der Waals surface area contributed by atoms with Gasteiger partial charge >= 0.3 is 0 Å². The van der Waals surface area contributed by atoms with Crippen molar-refractivity contribution >= 4 is 0 Å². The third-order valence-corrected chi connectivity index (χ3v) is 3.69. The molecule has 0 spiro atoms. The van der Waals surface area contributed by atoms with Crippen molar-refractivity contribution in [2.45, 2.75) is 59.3 Å². The number of aryl methyl sites for hydroxylation is 1. The Kier molecular flexibility index (Phi) is 4.40. The standard InChI is InChI=1S/C18H26N2O/c1-6-7-11-15-16(18(3,4)5)19-20(17(15)21)14-10-8-9-13(2)12-14/h8-10,12,21H,6-7,11H2,1-5H3. The third kappa shape index (κ3) is 3.29. The van der Waals surface area contributed by atoms with Crippen LogP contribution in [0.15, 0.2) is 24.3 Å². The van der Waals surface area contributed by atoms with Gasteiger partial charge in [0.2, 0.25) is 5.88 Å². The van der Waals surface area contributed by atoms with Crippen molar-refractivity contribution in [1.82, 2.24) is 9.78 Å². The van der Waals surface area contributed by atoms with Crippen molar-refractivity contribution in [3.05, 3.63) is 41.1 Å². The molecule has 1 aromatic carbocycles. The summed E-state index contributed by atoms with van der Waals surface area (Å²) in [6, 6.07) is 8.07. The molecule has 0 aliphatic heterocycles. The fourth-order valence-corrected chi connectivity index (χ4v) is 2.57. The first-order valence-corrected chi connectivity index (χ1v) is 7.73. The number of benzene rings is 1. The number of unbranched alkanes of at least 4 members (excludes halogenated alkanes) is 1. The van der Waals surface area contributed by atoms with Crippen LogP contribution in [-0.4, -0.2) is 14.9 Å². The van der Waals surface area contributed by atoms with Gasteiger partial charge in [-0.2, -0.15) is 5.10 Å². The van der Waals surface area contributed by atoms with Crippen molar-refractivity contribution in [3.8, 4) is 11.6 Å². The molecule has 0 aliphatic rings. The Morgan fingerprint density at radius 2 is 1.95 bits per heavy atom. The lowest BCUT2D eigenvalue weighted by molar-refractivity contribution is 0.427. The van der Waals surface area contributed by atoms with Crippen LogP contribution in [0.4, 0.5) is 0 Å². The Morgan fingerprint density at radius 1 is 1.24 bits per heavy atom. The molecule has 0 amide bonds. The minimum absolute atomic E-state index is 0.0738. The Bertz CT molecular complexity index is 621. The molecule has 1 aromatic heterocycles. The average molecular weight is 286 g/mol. The lowest BCUT2D eigenvalue weighted by Crippen LogP contribution is -2.15. The van der Waals surface area contributed by atoms with Crippen molar-refractivity contribution in [3.63, 3.8) is 0 Å². The molecule has 0 aliphatic carbocycles. The van der Waals surface area contributed by atoms with Crippen LogP contribution in [0.2, 0.25) is 0 Å². The van der Waals surface area contributed by atoms with Gasteiger partial charge in [-0.1, -0.05) is 46.2 Å². The fraction of sp³-hybridized carbons (Fsp3) is 0.500. The van der Waals surface area contributed by atoms with Gasteiger partial charge in [0.15, 0.2) is 0 Å². The summed E-state index contributed by atoms with van der Waals surface area (Å²) in [6.45, 7) is 10.6. The molecule has 0 bridgehead atoms. The van der Waals surface area contributed by atoms with Crippen molar-refractivity contribution in [2.75, 3.05) is 0 Å². The SMILES string of the molecule is CCCCc1c(C(C)(C)C)nn(-c2cccc(C)c2)c1O. The molecule has 0 radical (unpaired) electrons. The van der Waals surface area contributed by atoms with E-state index < -0.39 is 0 Å². The van der Waals surface area contributed by atoms with Gasteiger partial charge in [0, 0.05) is 11.0 Å². The molecule has 0 atom stereocenters. The zero-order valence-electron chi connectivity index (χ0n) is 13.8. The lowest BCUT2D eigenvalue weighted by atomic mass is 9.88. The molecule has 2 aromatic rings. The van der Waals surface area contributed by atoms with Gasteiger partial charge in [-0.25, -0.2) is 4.68 Å². The number of rotatable bonds is 4. The maximum Gasteiger partial charge on any atom is 0.217 e. The number of nitrogens with zero attached hydrogens (tertiary/aromatic N) is 2. The minimum atomic E-state index is -0.0738. The number of hydrogen-bond acceptors (Lipinski definition) is 2. The first kappa shape index (κ1) is 15.6. The summed E-state index contributed by atoms with van der Waals surface area (Å²) in [6.07, 6.45) is 3.05. The zero-order valence-corrected chi connectivity index (χ0v) is 13.8. The highest BCUT2D eigenvalue weighted by atomic mass is 16.3. The largest absolute Gasteiger partial charge is 0.493 e. The van der Waals surface area contributed by atoms with E-state index >= 15 is 0 Å². The summed E-state index contributed by atoms with van der Waals surface area (Å²) in [5.41, 5.74) is 3.99. The van der Waals surface area contributed by atoms with E-state index in [9.17, 15) is 5.11 Å². The molecule has 1 N–H and O–H groups in total. The van der Waals surface area contributed by atoms with Crippen LogP contribution in [0.25, 0.3) is 5.69 Å². The lowest BCUT2D eigenvalue weighted by Gasteiger charge is -2.17. The number of aromatic nitrogens is 2. The van der Waals surface area contributed by atoms with Crippen LogP contribution in [0.1, 0.15) is 57.4 Å². The highest BCUT2D eigenvalue weighted by Gasteiger charge is 2.26. The highest BCUT2D eigenvalue weighted by molar-refractivity contribution is 5.44. The molecule has 2 rings (SSSR count). The van der Waals surface area contributed by atoms with Gasteiger partial charge in [-0.3, -0.25) is 0 Å². The summed E-state index contributed by atoms with van der Waals surface area (Å²) < 4.78 is 1.68. The normalized spacial score (nSPS) is 11.9. The molecule has 114 valence electrons. The molecule has 0 unspecified atom stereocenters. The molecular weight excluding hydrogens is 260 g/mol. The Hall–Kier alpha value is -1.77. The van der Waals surface area contributed by atoms with Gasteiger partial charge in [0.05, 0.1) is 11.4 Å². The van der Waals surface area contributed by atoms with Crippen molar-refractivity contribution in [1.29, 1.82) is 0 Å². The molecule has 0 saturated heterocycles. The van der Waals surface area contributed by atoms with Gasteiger partial charge in [0.1, 0.15) is 0 Å². The summed E-state index contributed by atoms with van der Waals surface area (Å²) >= 11 is 0. The van der Waals surface area contributed by atoms with Gasteiger partial charge in [0.25, 0.3) is 0 Å². The van der Waals surface area contributed by atoms with E-state index in [0.717, 1.165) is 41.8 Å². The van der Waals surface area contributed by atoms with E-state index in [1.807, 2.05) is 31.2 Å². The first-order chi connectivity index (χ1) is 9.84. The summed E-state index contributed by atoms with van der Waals surface area (Å²) in [5.74, 6) is 0.291. The second-order valence-corrected chi connectivity index (χ2v) is 6.76. The monoisotopic (exact) mass is 286 g/mol. The quantitative estimate of drug-likeness (QED) is 0.897. The summed E-state index contributed by atoms with van der Waals surface area (Å²) in [4.78, 5) is 0. The van der Waals surface area contributed by atoms with Crippen LogP contribution in [0.5, 0.6) is 5.88 Å². The van der Waals surface area contributed by atoms with E-state index in [4.69, 9.17) is 5.10 Å². The van der Waals surface area contributed by atoms with E-state index in [1.54, 1.807) is 4.68 Å². The van der Waals surface area contributed by atoms with Crippen LogP contribution >= 0.6 is 0 Å². The van der Waals surface area contributed by atoms with Crippen molar-refractivity contribution in [2.24, 2.45) is 0 Å². The molecule has 1 heterocycles. The van der Waals surface area contributed by atoms with Crippen LogP contribution in [-0.2, 0) is 11.8 Å². The Balaban J connectivity index is 2.55. The maximum atomic E-state index is 10.6. The zero-order chi connectivity index (χ0) is 15.6. The molecule has 3 heteroatoms. The smallest absolute Gasteiger partial charge is 0.217 e. The van der Waals surface area contributed by atoms with Crippen LogP contribution in [0.3, 0.4) is 0 Å². The second kappa shape index (κ2) is 5.92. The summed E-state index contributed by atoms with van der Waals surface area (Å²) in [7, 11) is 0. The third-order valence-electron chi connectivity index (χ3n) is 3.69. The van der Waals surface area contributed by atoms with E-state index in [-0.39, 0.29) is 5.41 Å². The summed E-state index contributed by atoms with van der Waals surface area (Å²) in [5, 5.41) is 15.4. The predicted octanol–water partition coefficient (Wildman–Crippen LogP) is 4.53. The fourth-order valence-electron chi connectivity index (χ4n) is 2.57. The Labute approximate surface area is 127 Å². The number of hydrogen-bond donors (Lipinski definition) is 1. The van der Waals surface area contributed by atoms with Gasteiger partial charge in [-0.15, -0.1) is 0 Å². The van der Waals surface area contributed by atoms with E-state index in [1.165, 1.54) is 0 Å². The second-order valence-electron chi connectivity index (χ2n) is 6.76. The highest BCUT2D eigenvalue weighted by Crippen LogP contribution is 2.33. The molecule has 0 saturated carbocycles. The predicted molar refractivity (Wildman–Crippen MR) is 87.3 cm³/mol. The first-order valence-electron chi connectivity index (χ1n) is 7.73. The van der Waals surface area contributed by atoms with Crippen LogP contribution in [0, 0.1) is 6.92 Å². The minimum Gasteiger partial charge on any atom is -0.493 e. The molecule has 3 nitrogen and oxygen atoms in total. The van der Waals surface area contributed by atoms with Gasteiger partial charge in [-0.05, 0) is 37.5 Å². The molecular formula is C18H26N2O. The van der Waals surface area contributed by atoms with Gasteiger partial charge < -0.3 is 5.11 Å². The van der Waals surface area contributed by atoms with Crippen LogP contribution < -0.4 is 0 Å². The average Bonchev–Trinajstić information content (AvgIpc) is 2.73. The molecule has 0 fully saturated rings.